The molecule has 202 valence electrons. The largest absolute Gasteiger partial charge is 0.507 e. The average molecular weight is 541 g/mol. The molecule has 1 N–H and O–H groups in total. The van der Waals surface area contributed by atoms with Crippen LogP contribution in [-0.4, -0.2) is 79.2 Å². The predicted molar refractivity (Wildman–Crippen MR) is 146 cm³/mol. The maximum absolute atomic E-state index is 13.3. The summed E-state index contributed by atoms with van der Waals surface area (Å²) in [7, 11) is 0. The van der Waals surface area contributed by atoms with E-state index in [1.165, 1.54) is 0 Å². The highest BCUT2D eigenvalue weighted by atomic mass is 35.5. The number of morpholine rings is 1. The van der Waals surface area contributed by atoms with Crippen molar-refractivity contribution >= 4 is 29.1 Å². The van der Waals surface area contributed by atoms with Crippen LogP contribution in [0.2, 0.25) is 5.02 Å². The molecule has 1 atom stereocenters. The Morgan fingerprint density at radius 3 is 2.53 bits per heavy atom. The molecule has 1 amide bonds. The van der Waals surface area contributed by atoms with E-state index >= 15 is 0 Å². The molecule has 2 aliphatic heterocycles. The molecule has 0 aromatic heterocycles. The lowest BCUT2D eigenvalue weighted by Crippen LogP contribution is -2.39. The van der Waals surface area contributed by atoms with Crippen LogP contribution in [0.3, 0.4) is 0 Å². The Hall–Kier alpha value is -3.33. The van der Waals surface area contributed by atoms with Crippen LogP contribution < -0.4 is 9.47 Å². The molecule has 2 heterocycles. The Morgan fingerprint density at radius 1 is 1.11 bits per heavy atom. The number of likely N-dealkylation sites (tertiary alicyclic amines) is 1. The van der Waals surface area contributed by atoms with E-state index in [9.17, 15) is 14.7 Å². The van der Waals surface area contributed by atoms with Gasteiger partial charge in [0, 0.05) is 36.8 Å². The minimum Gasteiger partial charge on any atom is -0.507 e. The molecule has 8 nitrogen and oxygen atoms in total. The quantitative estimate of drug-likeness (QED) is 0.195. The zero-order chi connectivity index (χ0) is 27.1. The third-order valence-corrected chi connectivity index (χ3v) is 6.83. The van der Waals surface area contributed by atoms with Crippen molar-refractivity contribution in [2.24, 2.45) is 0 Å². The zero-order valence-electron chi connectivity index (χ0n) is 21.5. The van der Waals surface area contributed by atoms with E-state index in [4.69, 9.17) is 25.8 Å². The average Bonchev–Trinajstić information content (AvgIpc) is 3.18. The van der Waals surface area contributed by atoms with Crippen LogP contribution in [0.1, 0.15) is 30.5 Å². The first-order valence-electron chi connectivity index (χ1n) is 12.8. The van der Waals surface area contributed by atoms with Gasteiger partial charge in [-0.2, -0.15) is 0 Å². The van der Waals surface area contributed by atoms with Gasteiger partial charge in [0.05, 0.1) is 31.4 Å². The first kappa shape index (κ1) is 27.7. The molecule has 0 spiro atoms. The number of nitrogens with zero attached hydrogens (tertiary/aromatic N) is 2. The number of hydrogen-bond donors (Lipinski definition) is 1. The highest BCUT2D eigenvalue weighted by Crippen LogP contribution is 2.42. The van der Waals surface area contributed by atoms with Crippen LogP contribution in [-0.2, 0) is 14.3 Å². The second-order valence-corrected chi connectivity index (χ2v) is 9.48. The van der Waals surface area contributed by atoms with Gasteiger partial charge in [0.15, 0.2) is 11.5 Å². The third-order valence-electron chi connectivity index (χ3n) is 6.57. The lowest BCUT2D eigenvalue weighted by molar-refractivity contribution is -0.140. The summed E-state index contributed by atoms with van der Waals surface area (Å²) in [5.41, 5.74) is 1.08. The second-order valence-electron chi connectivity index (χ2n) is 9.05. The third kappa shape index (κ3) is 6.20. The summed E-state index contributed by atoms with van der Waals surface area (Å²) < 4.78 is 17.0. The van der Waals surface area contributed by atoms with E-state index < -0.39 is 17.7 Å². The monoisotopic (exact) mass is 540 g/mol. The number of aliphatic hydroxyl groups excluding tert-OH is 1. The molecule has 38 heavy (non-hydrogen) atoms. The number of halogens is 1. The zero-order valence-corrected chi connectivity index (χ0v) is 22.3. The molecule has 2 aromatic carbocycles. The van der Waals surface area contributed by atoms with Crippen molar-refractivity contribution in [1.82, 2.24) is 9.80 Å². The summed E-state index contributed by atoms with van der Waals surface area (Å²) in [6, 6.07) is 11.0. The van der Waals surface area contributed by atoms with Crippen molar-refractivity contribution in [1.29, 1.82) is 0 Å². The number of ether oxygens (including phenoxy) is 3. The van der Waals surface area contributed by atoms with Crippen molar-refractivity contribution in [2.45, 2.75) is 19.4 Å². The van der Waals surface area contributed by atoms with Gasteiger partial charge < -0.3 is 24.2 Å². The Kier molecular flexibility index (Phi) is 9.44. The molecule has 2 saturated heterocycles. The Morgan fingerprint density at radius 2 is 1.84 bits per heavy atom. The van der Waals surface area contributed by atoms with Crippen molar-refractivity contribution in [3.05, 3.63) is 76.8 Å². The molecule has 0 radical (unpaired) electrons. The molecule has 0 bridgehead atoms. The molecule has 2 aliphatic rings. The smallest absolute Gasteiger partial charge is 0.295 e. The molecule has 4 rings (SSSR count). The first-order chi connectivity index (χ1) is 18.4. The highest BCUT2D eigenvalue weighted by molar-refractivity contribution is 6.46. The van der Waals surface area contributed by atoms with E-state index in [1.807, 2.05) is 6.92 Å². The SMILES string of the molecule is C=CCOc1ccc(C2/C(=C(\O)c3ccc(Cl)cc3)C(=O)C(=O)N2CCCN2CCOCC2)cc1OCC. The van der Waals surface area contributed by atoms with Crippen LogP contribution in [0, 0.1) is 0 Å². The molecular weight excluding hydrogens is 508 g/mol. The standard InChI is InChI=1S/C29H33ClN2O6/c1-3-16-38-23-11-8-21(19-24(23)37-4-2)26-25(27(33)20-6-9-22(30)10-7-20)28(34)29(35)32(26)13-5-12-31-14-17-36-18-15-31/h3,6-11,19,26,33H,1,4-5,12-18H2,2H3/b27-25+. The van der Waals surface area contributed by atoms with Gasteiger partial charge in [0.25, 0.3) is 11.7 Å². The van der Waals surface area contributed by atoms with Gasteiger partial charge in [0.1, 0.15) is 12.4 Å². The van der Waals surface area contributed by atoms with Crippen LogP contribution in [0.4, 0.5) is 0 Å². The molecular formula is C29H33ClN2O6. The lowest BCUT2D eigenvalue weighted by Gasteiger charge is -2.29. The molecule has 0 saturated carbocycles. The van der Waals surface area contributed by atoms with Crippen molar-refractivity contribution in [2.75, 3.05) is 52.6 Å². The van der Waals surface area contributed by atoms with E-state index in [0.717, 1.165) is 19.6 Å². The van der Waals surface area contributed by atoms with Crippen molar-refractivity contribution < 1.29 is 28.9 Å². The maximum Gasteiger partial charge on any atom is 0.295 e. The minimum atomic E-state index is -0.789. The van der Waals surface area contributed by atoms with Crippen LogP contribution in [0.15, 0.2) is 60.7 Å². The van der Waals surface area contributed by atoms with Crippen molar-refractivity contribution in [3.63, 3.8) is 0 Å². The molecule has 2 aromatic rings. The summed E-state index contributed by atoms with van der Waals surface area (Å²) in [5.74, 6) is -0.600. The number of carbonyl (C=O) groups excluding carboxylic acids is 2. The topological polar surface area (TPSA) is 88.5 Å². The second kappa shape index (κ2) is 13.0. The predicted octanol–water partition coefficient (Wildman–Crippen LogP) is 4.45. The number of carbonyl (C=O) groups is 2. The number of rotatable bonds is 11. The molecule has 2 fully saturated rings. The number of benzene rings is 2. The maximum atomic E-state index is 13.3. The van der Waals surface area contributed by atoms with Gasteiger partial charge in [0.2, 0.25) is 0 Å². The molecule has 1 unspecified atom stereocenters. The van der Waals surface area contributed by atoms with Gasteiger partial charge in [-0.25, -0.2) is 0 Å². The Bertz CT molecular complexity index is 1190. The number of Topliss-reactive ketones (excluding diaryl/α,β-unsaturated/α-hetero) is 1. The summed E-state index contributed by atoms with van der Waals surface area (Å²) in [5, 5.41) is 11.8. The summed E-state index contributed by atoms with van der Waals surface area (Å²) >= 11 is 6.02. The number of hydrogen-bond acceptors (Lipinski definition) is 7. The minimum absolute atomic E-state index is 0.0332. The van der Waals surface area contributed by atoms with Crippen LogP contribution in [0.25, 0.3) is 5.76 Å². The number of ketones is 1. The molecule has 0 aliphatic carbocycles. The lowest BCUT2D eigenvalue weighted by atomic mass is 9.95. The van der Waals surface area contributed by atoms with Crippen molar-refractivity contribution in [3.8, 4) is 11.5 Å². The van der Waals surface area contributed by atoms with Crippen LogP contribution in [0.5, 0.6) is 11.5 Å². The highest BCUT2D eigenvalue weighted by Gasteiger charge is 2.46. The van der Waals surface area contributed by atoms with Crippen LogP contribution >= 0.6 is 11.6 Å². The fraction of sp³-hybridized carbons (Fsp3) is 0.379. The fourth-order valence-electron chi connectivity index (χ4n) is 4.74. The van der Waals surface area contributed by atoms with Gasteiger partial charge in [-0.05, 0) is 55.3 Å². The van der Waals surface area contributed by atoms with E-state index in [2.05, 4.69) is 11.5 Å². The summed E-state index contributed by atoms with van der Waals surface area (Å²) in [6.45, 7) is 10.4. The fourth-order valence-corrected chi connectivity index (χ4v) is 4.87. The number of aliphatic hydroxyl groups is 1. The van der Waals surface area contributed by atoms with Gasteiger partial charge in [-0.3, -0.25) is 14.5 Å². The van der Waals surface area contributed by atoms with E-state index in [0.29, 0.717) is 67.0 Å². The Balaban J connectivity index is 1.72. The first-order valence-corrected chi connectivity index (χ1v) is 13.2. The van der Waals surface area contributed by atoms with E-state index in [1.54, 1.807) is 53.4 Å². The van der Waals surface area contributed by atoms with Gasteiger partial charge in [-0.15, -0.1) is 0 Å². The summed E-state index contributed by atoms with van der Waals surface area (Å²) in [6.07, 6.45) is 2.31. The summed E-state index contributed by atoms with van der Waals surface area (Å²) in [4.78, 5) is 30.5. The molecule has 9 heteroatoms. The Labute approximate surface area is 228 Å². The van der Waals surface area contributed by atoms with Gasteiger partial charge >= 0.3 is 0 Å². The van der Waals surface area contributed by atoms with Gasteiger partial charge in [-0.1, -0.05) is 30.3 Å². The number of amides is 1. The van der Waals surface area contributed by atoms with E-state index in [-0.39, 0.29) is 11.3 Å². The normalized spacial score (nSPS) is 19.5.